The number of rotatable bonds is 5. The van der Waals surface area contributed by atoms with E-state index in [2.05, 4.69) is 0 Å². The minimum absolute atomic E-state index is 0.0369. The maximum absolute atomic E-state index is 13.6. The Hall–Kier alpha value is -1.85. The summed E-state index contributed by atoms with van der Waals surface area (Å²) in [7, 11) is 1.51. The SMILES string of the molecule is COc1cc(C(N)=S)ccc1OCc1cc(Cl)ccc1F. The zero-order chi connectivity index (χ0) is 15.4. The predicted molar refractivity (Wildman–Crippen MR) is 84.6 cm³/mol. The van der Waals surface area contributed by atoms with Gasteiger partial charge in [0.1, 0.15) is 17.4 Å². The van der Waals surface area contributed by atoms with E-state index in [0.717, 1.165) is 0 Å². The Morgan fingerprint density at radius 2 is 2.00 bits per heavy atom. The summed E-state index contributed by atoms with van der Waals surface area (Å²) in [4.78, 5) is 0.265. The number of methoxy groups -OCH3 is 1. The maximum atomic E-state index is 13.6. The van der Waals surface area contributed by atoms with Gasteiger partial charge in [0, 0.05) is 16.1 Å². The van der Waals surface area contributed by atoms with Gasteiger partial charge in [0.25, 0.3) is 0 Å². The number of nitrogens with two attached hydrogens (primary N) is 1. The van der Waals surface area contributed by atoms with Gasteiger partial charge in [-0.1, -0.05) is 23.8 Å². The molecule has 0 radical (unpaired) electrons. The van der Waals surface area contributed by atoms with E-state index in [-0.39, 0.29) is 17.4 Å². The third kappa shape index (κ3) is 3.83. The molecule has 0 heterocycles. The topological polar surface area (TPSA) is 44.5 Å². The van der Waals surface area contributed by atoms with Crippen LogP contribution in [0.1, 0.15) is 11.1 Å². The smallest absolute Gasteiger partial charge is 0.161 e. The van der Waals surface area contributed by atoms with E-state index in [0.29, 0.717) is 27.6 Å². The molecule has 0 amide bonds. The van der Waals surface area contributed by atoms with Gasteiger partial charge in [-0.15, -0.1) is 0 Å². The first kappa shape index (κ1) is 15.5. The van der Waals surface area contributed by atoms with Crippen LogP contribution in [0.25, 0.3) is 0 Å². The van der Waals surface area contributed by atoms with Crippen LogP contribution in [0.5, 0.6) is 11.5 Å². The highest BCUT2D eigenvalue weighted by Gasteiger charge is 2.09. The molecule has 110 valence electrons. The molecule has 0 aromatic heterocycles. The number of ether oxygens (including phenoxy) is 2. The monoisotopic (exact) mass is 325 g/mol. The lowest BCUT2D eigenvalue weighted by Gasteiger charge is -2.12. The first-order valence-corrected chi connectivity index (χ1v) is 6.84. The molecule has 2 aromatic rings. The zero-order valence-corrected chi connectivity index (χ0v) is 12.8. The van der Waals surface area contributed by atoms with Crippen LogP contribution in [0, 0.1) is 5.82 Å². The minimum Gasteiger partial charge on any atom is -0.493 e. The number of halogens is 2. The Kier molecular flexibility index (Phi) is 4.98. The van der Waals surface area contributed by atoms with Crippen molar-refractivity contribution >= 4 is 28.8 Å². The second-order valence-electron chi connectivity index (χ2n) is 4.25. The van der Waals surface area contributed by atoms with Crippen LogP contribution in [-0.4, -0.2) is 12.1 Å². The molecular weight excluding hydrogens is 313 g/mol. The highest BCUT2D eigenvalue weighted by Crippen LogP contribution is 2.29. The van der Waals surface area contributed by atoms with Crippen molar-refractivity contribution in [3.8, 4) is 11.5 Å². The lowest BCUT2D eigenvalue weighted by Crippen LogP contribution is -2.09. The minimum atomic E-state index is -0.377. The van der Waals surface area contributed by atoms with Crippen LogP contribution in [-0.2, 0) is 6.61 Å². The van der Waals surface area contributed by atoms with E-state index >= 15 is 0 Å². The predicted octanol–water partition coefficient (Wildman–Crippen LogP) is 3.70. The summed E-state index contributed by atoms with van der Waals surface area (Å²) in [6.45, 7) is 0.0369. The molecular formula is C15H13ClFNO2S. The van der Waals surface area contributed by atoms with Crippen LogP contribution >= 0.6 is 23.8 Å². The number of hydrogen-bond acceptors (Lipinski definition) is 3. The summed E-state index contributed by atoms with van der Waals surface area (Å²) in [5.41, 5.74) is 6.59. The Bertz CT molecular complexity index is 679. The molecule has 0 aliphatic carbocycles. The molecule has 0 saturated carbocycles. The summed E-state index contributed by atoms with van der Waals surface area (Å²) in [5.74, 6) is 0.567. The largest absolute Gasteiger partial charge is 0.493 e. The van der Waals surface area contributed by atoms with Gasteiger partial charge in [0.2, 0.25) is 0 Å². The molecule has 2 N–H and O–H groups in total. The van der Waals surface area contributed by atoms with E-state index in [4.69, 9.17) is 39.0 Å². The van der Waals surface area contributed by atoms with Crippen LogP contribution in [0.2, 0.25) is 5.02 Å². The maximum Gasteiger partial charge on any atom is 0.161 e. The molecule has 6 heteroatoms. The lowest BCUT2D eigenvalue weighted by molar-refractivity contribution is 0.279. The second kappa shape index (κ2) is 6.74. The van der Waals surface area contributed by atoms with Crippen molar-refractivity contribution in [3.63, 3.8) is 0 Å². The third-order valence-electron chi connectivity index (χ3n) is 2.84. The Balaban J connectivity index is 2.19. The van der Waals surface area contributed by atoms with Crippen molar-refractivity contribution in [2.75, 3.05) is 7.11 Å². The first-order chi connectivity index (χ1) is 10.0. The standard InChI is InChI=1S/C15H13ClFNO2S/c1-19-14-7-9(15(18)21)2-5-13(14)20-8-10-6-11(16)3-4-12(10)17/h2-7H,8H2,1H3,(H2,18,21). The molecule has 0 saturated heterocycles. The fourth-order valence-corrected chi connectivity index (χ4v) is 2.07. The average molecular weight is 326 g/mol. The molecule has 3 nitrogen and oxygen atoms in total. The highest BCUT2D eigenvalue weighted by molar-refractivity contribution is 7.80. The molecule has 0 atom stereocenters. The molecule has 2 rings (SSSR count). The van der Waals surface area contributed by atoms with Crippen molar-refractivity contribution in [1.29, 1.82) is 0 Å². The molecule has 2 aromatic carbocycles. The Morgan fingerprint density at radius 3 is 2.67 bits per heavy atom. The van der Waals surface area contributed by atoms with E-state index in [1.165, 1.54) is 25.3 Å². The van der Waals surface area contributed by atoms with Crippen LogP contribution in [0.3, 0.4) is 0 Å². The van der Waals surface area contributed by atoms with Gasteiger partial charge < -0.3 is 15.2 Å². The molecule has 0 aliphatic heterocycles. The quantitative estimate of drug-likeness (QED) is 0.851. The van der Waals surface area contributed by atoms with Crippen molar-refractivity contribution in [1.82, 2.24) is 0 Å². The van der Waals surface area contributed by atoms with Crippen LogP contribution < -0.4 is 15.2 Å². The van der Waals surface area contributed by atoms with Crippen molar-refractivity contribution in [2.24, 2.45) is 5.73 Å². The summed E-state index contributed by atoms with van der Waals surface area (Å²) in [6, 6.07) is 9.37. The normalized spacial score (nSPS) is 10.2. The van der Waals surface area contributed by atoms with E-state index in [1.54, 1.807) is 18.2 Å². The Morgan fingerprint density at radius 1 is 1.24 bits per heavy atom. The molecule has 0 unspecified atom stereocenters. The average Bonchev–Trinajstić information content (AvgIpc) is 2.47. The summed E-state index contributed by atoms with van der Waals surface area (Å²) < 4.78 is 24.4. The molecule has 0 fully saturated rings. The van der Waals surface area contributed by atoms with Gasteiger partial charge in [-0.25, -0.2) is 4.39 Å². The van der Waals surface area contributed by atoms with E-state index in [9.17, 15) is 4.39 Å². The summed E-state index contributed by atoms with van der Waals surface area (Å²) >= 11 is 10.7. The number of benzene rings is 2. The molecule has 0 bridgehead atoms. The summed E-state index contributed by atoms with van der Waals surface area (Å²) in [6.07, 6.45) is 0. The third-order valence-corrected chi connectivity index (χ3v) is 3.31. The molecule has 0 aliphatic rings. The fraction of sp³-hybridized carbons (Fsp3) is 0.133. The second-order valence-corrected chi connectivity index (χ2v) is 5.13. The van der Waals surface area contributed by atoms with Crippen molar-refractivity contribution in [3.05, 3.63) is 58.4 Å². The number of thiocarbonyl (C=S) groups is 1. The van der Waals surface area contributed by atoms with E-state index < -0.39 is 0 Å². The Labute approximate surface area is 132 Å². The highest BCUT2D eigenvalue weighted by atomic mass is 35.5. The number of hydrogen-bond donors (Lipinski definition) is 1. The van der Waals surface area contributed by atoms with Gasteiger partial charge in [0.05, 0.1) is 7.11 Å². The first-order valence-electron chi connectivity index (χ1n) is 6.06. The fourth-order valence-electron chi connectivity index (χ4n) is 1.75. The van der Waals surface area contributed by atoms with Gasteiger partial charge >= 0.3 is 0 Å². The zero-order valence-electron chi connectivity index (χ0n) is 11.2. The van der Waals surface area contributed by atoms with Gasteiger partial charge in [0.15, 0.2) is 11.5 Å². The lowest BCUT2D eigenvalue weighted by atomic mass is 10.2. The van der Waals surface area contributed by atoms with Crippen LogP contribution in [0.15, 0.2) is 36.4 Å². The van der Waals surface area contributed by atoms with Crippen LogP contribution in [0.4, 0.5) is 4.39 Å². The summed E-state index contributed by atoms with van der Waals surface area (Å²) in [5, 5.41) is 0.450. The molecule has 0 spiro atoms. The van der Waals surface area contributed by atoms with Crippen molar-refractivity contribution < 1.29 is 13.9 Å². The van der Waals surface area contributed by atoms with E-state index in [1.807, 2.05) is 0 Å². The molecule has 21 heavy (non-hydrogen) atoms. The van der Waals surface area contributed by atoms with Gasteiger partial charge in [-0.05, 0) is 36.4 Å². The van der Waals surface area contributed by atoms with Gasteiger partial charge in [-0.3, -0.25) is 0 Å². The van der Waals surface area contributed by atoms with Gasteiger partial charge in [-0.2, -0.15) is 0 Å². The van der Waals surface area contributed by atoms with Crippen molar-refractivity contribution in [2.45, 2.75) is 6.61 Å².